The molecule has 0 saturated carbocycles. The Bertz CT molecular complexity index is 791. The van der Waals surface area contributed by atoms with E-state index in [1.807, 2.05) is 0 Å². The Morgan fingerprint density at radius 3 is 2.79 bits per heavy atom. The Morgan fingerprint density at radius 2 is 2.12 bits per heavy atom. The summed E-state index contributed by atoms with van der Waals surface area (Å²) in [6.45, 7) is 3.18. The lowest BCUT2D eigenvalue weighted by atomic mass is 10.0. The second-order valence-electron chi connectivity index (χ2n) is 6.60. The smallest absolute Gasteiger partial charge is 0.268 e. The minimum Gasteiger partial charge on any atom is -0.479 e. The largest absolute Gasteiger partial charge is 0.479 e. The van der Waals surface area contributed by atoms with E-state index in [-0.39, 0.29) is 29.9 Å². The highest BCUT2D eigenvalue weighted by molar-refractivity contribution is 7.91. The number of carbonyl (C=O) groups excluding carboxylic acids is 2. The van der Waals surface area contributed by atoms with Crippen LogP contribution in [0.4, 0.5) is 5.69 Å². The van der Waals surface area contributed by atoms with Crippen molar-refractivity contribution in [2.75, 3.05) is 23.0 Å². The molecule has 7 nitrogen and oxygen atoms in total. The van der Waals surface area contributed by atoms with Crippen molar-refractivity contribution >= 4 is 27.3 Å². The Balaban J connectivity index is 1.76. The van der Waals surface area contributed by atoms with Crippen LogP contribution >= 0.6 is 0 Å². The number of carbonyl (C=O) groups is 2. The number of hydrogen-bond acceptors (Lipinski definition) is 5. The van der Waals surface area contributed by atoms with Crippen LogP contribution < -0.4 is 15.0 Å². The normalized spacial score (nSPS) is 28.2. The Labute approximate surface area is 140 Å². The van der Waals surface area contributed by atoms with E-state index < -0.39 is 21.5 Å². The van der Waals surface area contributed by atoms with Crippen LogP contribution in [0.15, 0.2) is 24.3 Å². The first kappa shape index (κ1) is 16.8. The molecule has 2 aliphatic rings. The molecule has 130 valence electrons. The third-order valence-corrected chi connectivity index (χ3v) is 6.22. The maximum Gasteiger partial charge on any atom is 0.268 e. The minimum atomic E-state index is -3.12. The standard InChI is InChI=1S/C16H20N2O5S/c1-11-15(20)18(12-5-3-4-6-13(12)23-11)9-14(19)17-16(2)7-8-24(21,22)10-16/h3-6,11H,7-10H2,1-2H3,(H,17,19)/t11-,16-/m1/s1. The zero-order valence-electron chi connectivity index (χ0n) is 13.6. The van der Waals surface area contributed by atoms with Gasteiger partial charge in [-0.3, -0.25) is 14.5 Å². The van der Waals surface area contributed by atoms with Gasteiger partial charge >= 0.3 is 0 Å². The minimum absolute atomic E-state index is 0.0696. The molecule has 2 heterocycles. The van der Waals surface area contributed by atoms with Crippen LogP contribution in [-0.2, 0) is 19.4 Å². The van der Waals surface area contributed by atoms with Crippen LogP contribution in [-0.4, -0.2) is 49.9 Å². The van der Waals surface area contributed by atoms with Gasteiger partial charge in [-0.15, -0.1) is 0 Å². The van der Waals surface area contributed by atoms with E-state index in [2.05, 4.69) is 5.32 Å². The fourth-order valence-corrected chi connectivity index (χ4v) is 5.24. The van der Waals surface area contributed by atoms with Gasteiger partial charge < -0.3 is 10.1 Å². The molecule has 2 aliphatic heterocycles. The van der Waals surface area contributed by atoms with Gasteiger partial charge in [0, 0.05) is 0 Å². The summed E-state index contributed by atoms with van der Waals surface area (Å²) < 4.78 is 28.8. The van der Waals surface area contributed by atoms with Gasteiger partial charge in [0.05, 0.1) is 22.7 Å². The first-order chi connectivity index (χ1) is 11.2. The Hall–Kier alpha value is -2.09. The number of anilines is 1. The lowest BCUT2D eigenvalue weighted by Gasteiger charge is -2.33. The highest BCUT2D eigenvalue weighted by Gasteiger charge is 2.40. The Morgan fingerprint density at radius 1 is 1.42 bits per heavy atom. The summed E-state index contributed by atoms with van der Waals surface area (Å²) >= 11 is 0. The predicted octanol–water partition coefficient (Wildman–Crippen LogP) is 0.494. The van der Waals surface area contributed by atoms with Crippen molar-refractivity contribution in [2.45, 2.75) is 31.9 Å². The predicted molar refractivity (Wildman–Crippen MR) is 88.7 cm³/mol. The van der Waals surface area contributed by atoms with E-state index in [0.29, 0.717) is 17.9 Å². The van der Waals surface area contributed by atoms with Crippen molar-refractivity contribution in [3.8, 4) is 5.75 Å². The number of nitrogens with one attached hydrogen (secondary N) is 1. The number of hydrogen-bond donors (Lipinski definition) is 1. The highest BCUT2D eigenvalue weighted by Crippen LogP contribution is 2.33. The lowest BCUT2D eigenvalue weighted by molar-refractivity contribution is -0.128. The molecule has 0 radical (unpaired) electrons. The molecule has 0 unspecified atom stereocenters. The van der Waals surface area contributed by atoms with Crippen LogP contribution in [0.1, 0.15) is 20.3 Å². The van der Waals surface area contributed by atoms with Gasteiger partial charge in [-0.1, -0.05) is 12.1 Å². The molecule has 2 amide bonds. The van der Waals surface area contributed by atoms with E-state index >= 15 is 0 Å². The summed E-state index contributed by atoms with van der Waals surface area (Å²) in [5.74, 6) is -0.136. The lowest BCUT2D eigenvalue weighted by Crippen LogP contribution is -2.53. The van der Waals surface area contributed by atoms with Crippen molar-refractivity contribution in [1.29, 1.82) is 0 Å². The van der Waals surface area contributed by atoms with Gasteiger partial charge in [0.2, 0.25) is 5.91 Å². The fraction of sp³-hybridized carbons (Fsp3) is 0.500. The second kappa shape index (κ2) is 5.77. The number of fused-ring (bicyclic) bond motifs is 1. The van der Waals surface area contributed by atoms with E-state index in [0.717, 1.165) is 0 Å². The van der Waals surface area contributed by atoms with Crippen molar-refractivity contribution in [2.24, 2.45) is 0 Å². The molecular formula is C16H20N2O5S. The maximum atomic E-state index is 12.4. The topological polar surface area (TPSA) is 92.8 Å². The third-order valence-electron chi connectivity index (χ3n) is 4.32. The first-order valence-electron chi connectivity index (χ1n) is 7.78. The van der Waals surface area contributed by atoms with E-state index in [1.165, 1.54) is 4.90 Å². The van der Waals surface area contributed by atoms with Crippen molar-refractivity contribution < 1.29 is 22.7 Å². The molecule has 24 heavy (non-hydrogen) atoms. The summed E-state index contributed by atoms with van der Waals surface area (Å²) in [5.41, 5.74) is -0.240. The molecule has 8 heteroatoms. The SMILES string of the molecule is C[C@H]1Oc2ccccc2N(CC(=O)N[C@]2(C)CCS(=O)(=O)C2)C1=O. The van der Waals surface area contributed by atoms with Crippen molar-refractivity contribution in [1.82, 2.24) is 5.32 Å². The fourth-order valence-electron chi connectivity index (χ4n) is 3.15. The number of sulfone groups is 1. The second-order valence-corrected chi connectivity index (χ2v) is 8.79. The molecule has 2 atom stereocenters. The molecule has 1 fully saturated rings. The highest BCUT2D eigenvalue weighted by atomic mass is 32.2. The average molecular weight is 352 g/mol. The molecule has 0 aromatic heterocycles. The maximum absolute atomic E-state index is 12.4. The summed E-state index contributed by atoms with van der Waals surface area (Å²) in [5, 5.41) is 2.77. The number of para-hydroxylation sites is 2. The number of ether oxygens (including phenoxy) is 1. The Kier molecular flexibility index (Phi) is 4.03. The number of benzene rings is 1. The zero-order chi connectivity index (χ0) is 17.5. The quantitative estimate of drug-likeness (QED) is 0.855. The number of amides is 2. The zero-order valence-corrected chi connectivity index (χ0v) is 14.4. The van der Waals surface area contributed by atoms with Crippen molar-refractivity contribution in [3.63, 3.8) is 0 Å². The molecule has 0 bridgehead atoms. The van der Waals surface area contributed by atoms with Crippen LogP contribution in [0.3, 0.4) is 0 Å². The molecule has 1 N–H and O–H groups in total. The molecule has 1 aromatic carbocycles. The number of rotatable bonds is 3. The van der Waals surface area contributed by atoms with Gasteiger partial charge in [0.1, 0.15) is 12.3 Å². The van der Waals surface area contributed by atoms with E-state index in [1.54, 1.807) is 38.1 Å². The van der Waals surface area contributed by atoms with Gasteiger partial charge in [0.25, 0.3) is 5.91 Å². The van der Waals surface area contributed by atoms with Crippen LogP contribution in [0, 0.1) is 0 Å². The monoisotopic (exact) mass is 352 g/mol. The van der Waals surface area contributed by atoms with Gasteiger partial charge in [0.15, 0.2) is 15.9 Å². The van der Waals surface area contributed by atoms with Gasteiger partial charge in [-0.25, -0.2) is 8.42 Å². The molecule has 0 aliphatic carbocycles. The molecule has 1 aromatic rings. The van der Waals surface area contributed by atoms with Crippen LogP contribution in [0.5, 0.6) is 5.75 Å². The van der Waals surface area contributed by atoms with E-state index in [9.17, 15) is 18.0 Å². The third kappa shape index (κ3) is 3.24. The van der Waals surface area contributed by atoms with Crippen LogP contribution in [0.2, 0.25) is 0 Å². The molecular weight excluding hydrogens is 332 g/mol. The van der Waals surface area contributed by atoms with Gasteiger partial charge in [-0.05, 0) is 32.4 Å². The first-order valence-corrected chi connectivity index (χ1v) is 9.60. The van der Waals surface area contributed by atoms with E-state index in [4.69, 9.17) is 4.74 Å². The molecule has 1 saturated heterocycles. The summed E-state index contributed by atoms with van der Waals surface area (Å²) in [7, 11) is -3.12. The summed E-state index contributed by atoms with van der Waals surface area (Å²) in [6.07, 6.45) is -0.291. The van der Waals surface area contributed by atoms with Gasteiger partial charge in [-0.2, -0.15) is 0 Å². The molecule has 0 spiro atoms. The average Bonchev–Trinajstić information content (AvgIpc) is 2.77. The van der Waals surface area contributed by atoms with Crippen molar-refractivity contribution in [3.05, 3.63) is 24.3 Å². The number of nitrogens with zero attached hydrogens (tertiary/aromatic N) is 1. The van der Waals surface area contributed by atoms with Crippen LogP contribution in [0.25, 0.3) is 0 Å². The molecule has 3 rings (SSSR count). The summed E-state index contributed by atoms with van der Waals surface area (Å²) in [4.78, 5) is 26.2. The summed E-state index contributed by atoms with van der Waals surface area (Å²) in [6, 6.07) is 7.02.